The molecule has 0 amide bonds. The predicted molar refractivity (Wildman–Crippen MR) is 62.8 cm³/mol. The summed E-state index contributed by atoms with van der Waals surface area (Å²) in [6, 6.07) is 2.75. The van der Waals surface area contributed by atoms with Crippen LogP contribution in [0.4, 0.5) is 0 Å². The van der Waals surface area contributed by atoms with Gasteiger partial charge < -0.3 is 0 Å². The molecule has 2 rings (SSSR count). The van der Waals surface area contributed by atoms with Crippen molar-refractivity contribution in [3.05, 3.63) is 29.6 Å². The molecule has 1 aliphatic heterocycles. The first-order valence-electron chi connectivity index (χ1n) is 5.97. The minimum atomic E-state index is 0.624. The van der Waals surface area contributed by atoms with Crippen LogP contribution in [0.3, 0.4) is 0 Å². The third-order valence-electron chi connectivity index (χ3n) is 3.31. The van der Waals surface area contributed by atoms with Gasteiger partial charge >= 0.3 is 0 Å². The molecule has 0 N–H and O–H groups in total. The molecule has 0 radical (unpaired) electrons. The maximum absolute atomic E-state index is 4.26. The van der Waals surface area contributed by atoms with Crippen LogP contribution in [0.15, 0.2) is 18.5 Å². The van der Waals surface area contributed by atoms with Gasteiger partial charge in [0.25, 0.3) is 0 Å². The molecular weight excluding hydrogens is 184 g/mol. The molecule has 0 aliphatic carbocycles. The zero-order valence-corrected chi connectivity index (χ0v) is 9.74. The highest BCUT2D eigenvalue weighted by Crippen LogP contribution is 2.32. The molecule has 1 fully saturated rings. The molecule has 2 heteroatoms. The van der Waals surface area contributed by atoms with Gasteiger partial charge in [-0.25, -0.2) is 0 Å². The van der Waals surface area contributed by atoms with E-state index >= 15 is 0 Å². The van der Waals surface area contributed by atoms with E-state index in [0.29, 0.717) is 6.04 Å². The quantitative estimate of drug-likeness (QED) is 0.752. The highest BCUT2D eigenvalue weighted by Gasteiger charge is 2.26. The second kappa shape index (κ2) is 4.75. The van der Waals surface area contributed by atoms with Crippen LogP contribution in [0.5, 0.6) is 0 Å². The van der Waals surface area contributed by atoms with E-state index in [4.69, 9.17) is 0 Å². The third-order valence-corrected chi connectivity index (χ3v) is 3.31. The maximum atomic E-state index is 4.26. The molecule has 1 aromatic heterocycles. The second-order valence-corrected chi connectivity index (χ2v) is 4.43. The van der Waals surface area contributed by atoms with E-state index in [9.17, 15) is 0 Å². The van der Waals surface area contributed by atoms with Gasteiger partial charge in [0.15, 0.2) is 0 Å². The van der Waals surface area contributed by atoms with Crippen molar-refractivity contribution in [1.29, 1.82) is 0 Å². The third kappa shape index (κ3) is 2.20. The summed E-state index contributed by atoms with van der Waals surface area (Å²) in [5, 5.41) is 0. The Bertz CT molecular complexity index is 322. The summed E-state index contributed by atoms with van der Waals surface area (Å²) in [5.41, 5.74) is 2.82. The normalized spacial score (nSPS) is 22.1. The van der Waals surface area contributed by atoms with E-state index in [1.807, 2.05) is 12.4 Å². The number of likely N-dealkylation sites (tertiary alicyclic amines) is 1. The minimum absolute atomic E-state index is 0.624. The van der Waals surface area contributed by atoms with Gasteiger partial charge in [-0.2, -0.15) is 0 Å². The minimum Gasteiger partial charge on any atom is -0.296 e. The van der Waals surface area contributed by atoms with Crippen LogP contribution in [0.1, 0.15) is 43.4 Å². The smallest absolute Gasteiger partial charge is 0.0366 e. The molecule has 15 heavy (non-hydrogen) atoms. The summed E-state index contributed by atoms with van der Waals surface area (Å²) in [7, 11) is 0. The summed E-state index contributed by atoms with van der Waals surface area (Å²) in [5.74, 6) is 0. The molecule has 0 saturated carbocycles. The Balaban J connectivity index is 2.19. The largest absolute Gasteiger partial charge is 0.296 e. The first-order valence-corrected chi connectivity index (χ1v) is 5.97. The van der Waals surface area contributed by atoms with Crippen LogP contribution in [-0.2, 0) is 0 Å². The lowest BCUT2D eigenvalue weighted by molar-refractivity contribution is 0.257. The van der Waals surface area contributed by atoms with Crippen molar-refractivity contribution in [1.82, 2.24) is 9.88 Å². The molecule has 2 nitrogen and oxygen atoms in total. The number of hydrogen-bond acceptors (Lipinski definition) is 2. The Morgan fingerprint density at radius 1 is 1.53 bits per heavy atom. The number of pyridine rings is 1. The van der Waals surface area contributed by atoms with E-state index < -0.39 is 0 Å². The number of hydrogen-bond donors (Lipinski definition) is 0. The first-order chi connectivity index (χ1) is 7.33. The van der Waals surface area contributed by atoms with Crippen LogP contribution >= 0.6 is 0 Å². The standard InChI is InChI=1S/C13H20N2/c1-3-8-15-9-4-5-13(15)12-10-14-7-6-11(12)2/h6-7,10,13H,3-5,8-9H2,1-2H3/t13-/m1/s1. The van der Waals surface area contributed by atoms with Crippen molar-refractivity contribution in [2.45, 2.75) is 39.2 Å². The van der Waals surface area contributed by atoms with E-state index in [2.05, 4.69) is 29.8 Å². The van der Waals surface area contributed by atoms with Crippen molar-refractivity contribution >= 4 is 0 Å². The van der Waals surface area contributed by atoms with Gasteiger partial charge in [-0.15, -0.1) is 0 Å². The monoisotopic (exact) mass is 204 g/mol. The van der Waals surface area contributed by atoms with Crippen molar-refractivity contribution in [2.24, 2.45) is 0 Å². The number of aryl methyl sites for hydroxylation is 1. The molecule has 1 aromatic rings. The topological polar surface area (TPSA) is 16.1 Å². The lowest BCUT2D eigenvalue weighted by atomic mass is 10.0. The molecule has 2 heterocycles. The molecule has 0 unspecified atom stereocenters. The Hall–Kier alpha value is -0.890. The SMILES string of the molecule is CCCN1CCC[C@@H]1c1cnccc1C. The van der Waals surface area contributed by atoms with Crippen molar-refractivity contribution in [3.63, 3.8) is 0 Å². The number of aromatic nitrogens is 1. The molecule has 0 spiro atoms. The molecule has 82 valence electrons. The maximum Gasteiger partial charge on any atom is 0.0366 e. The molecule has 0 bridgehead atoms. The van der Waals surface area contributed by atoms with Gasteiger partial charge in [-0.05, 0) is 56.5 Å². The Morgan fingerprint density at radius 3 is 3.13 bits per heavy atom. The zero-order valence-electron chi connectivity index (χ0n) is 9.74. The van der Waals surface area contributed by atoms with Crippen LogP contribution < -0.4 is 0 Å². The summed E-state index contributed by atoms with van der Waals surface area (Å²) in [4.78, 5) is 6.86. The van der Waals surface area contributed by atoms with E-state index in [1.54, 1.807) is 0 Å². The van der Waals surface area contributed by atoms with Crippen molar-refractivity contribution < 1.29 is 0 Å². The lowest BCUT2D eigenvalue weighted by Gasteiger charge is -2.25. The van der Waals surface area contributed by atoms with E-state index in [1.165, 1.54) is 43.5 Å². The molecule has 1 aliphatic rings. The van der Waals surface area contributed by atoms with Gasteiger partial charge in [0.2, 0.25) is 0 Å². The Labute approximate surface area is 92.3 Å². The Kier molecular flexibility index (Phi) is 3.37. The lowest BCUT2D eigenvalue weighted by Crippen LogP contribution is -2.24. The first kappa shape index (κ1) is 10.6. The van der Waals surface area contributed by atoms with Crippen LogP contribution in [0.25, 0.3) is 0 Å². The number of rotatable bonds is 3. The fourth-order valence-electron chi connectivity index (χ4n) is 2.56. The average molecular weight is 204 g/mol. The highest BCUT2D eigenvalue weighted by molar-refractivity contribution is 5.25. The van der Waals surface area contributed by atoms with Crippen molar-refractivity contribution in [3.8, 4) is 0 Å². The zero-order chi connectivity index (χ0) is 10.7. The average Bonchev–Trinajstić information content (AvgIpc) is 2.67. The van der Waals surface area contributed by atoms with Crippen LogP contribution in [0.2, 0.25) is 0 Å². The van der Waals surface area contributed by atoms with Gasteiger partial charge in [0.1, 0.15) is 0 Å². The van der Waals surface area contributed by atoms with Gasteiger partial charge in [0.05, 0.1) is 0 Å². The van der Waals surface area contributed by atoms with Gasteiger partial charge in [-0.1, -0.05) is 6.92 Å². The fraction of sp³-hybridized carbons (Fsp3) is 0.615. The molecular formula is C13H20N2. The molecule has 1 saturated heterocycles. The molecule has 0 aromatic carbocycles. The summed E-state index contributed by atoms with van der Waals surface area (Å²) in [6.07, 6.45) is 7.81. The fourth-order valence-corrected chi connectivity index (χ4v) is 2.56. The van der Waals surface area contributed by atoms with Crippen molar-refractivity contribution in [2.75, 3.05) is 13.1 Å². The summed E-state index contributed by atoms with van der Waals surface area (Å²) < 4.78 is 0. The summed E-state index contributed by atoms with van der Waals surface area (Å²) >= 11 is 0. The predicted octanol–water partition coefficient (Wildman–Crippen LogP) is 2.94. The Morgan fingerprint density at radius 2 is 2.40 bits per heavy atom. The van der Waals surface area contributed by atoms with E-state index in [-0.39, 0.29) is 0 Å². The van der Waals surface area contributed by atoms with Gasteiger partial charge in [-0.3, -0.25) is 9.88 Å². The van der Waals surface area contributed by atoms with Crippen LogP contribution in [-0.4, -0.2) is 23.0 Å². The van der Waals surface area contributed by atoms with Gasteiger partial charge in [0, 0.05) is 18.4 Å². The van der Waals surface area contributed by atoms with Crippen LogP contribution in [0, 0.1) is 6.92 Å². The van der Waals surface area contributed by atoms with E-state index in [0.717, 1.165) is 0 Å². The summed E-state index contributed by atoms with van der Waals surface area (Å²) in [6.45, 7) is 6.93. The second-order valence-electron chi connectivity index (χ2n) is 4.43. The number of nitrogens with zero attached hydrogens (tertiary/aromatic N) is 2. The molecule has 1 atom stereocenters. The highest BCUT2D eigenvalue weighted by atomic mass is 15.2.